The lowest BCUT2D eigenvalue weighted by Gasteiger charge is -2.21. The van der Waals surface area contributed by atoms with E-state index in [0.717, 1.165) is 15.7 Å². The Kier molecular flexibility index (Phi) is 5.94. The quantitative estimate of drug-likeness (QED) is 0.645. The first kappa shape index (κ1) is 20.1. The van der Waals surface area contributed by atoms with Gasteiger partial charge in [0, 0.05) is 6.54 Å². The van der Waals surface area contributed by atoms with Gasteiger partial charge in [-0.1, -0.05) is 67.6 Å². The van der Waals surface area contributed by atoms with Gasteiger partial charge in [-0.2, -0.15) is 5.26 Å². The van der Waals surface area contributed by atoms with Crippen molar-refractivity contribution < 1.29 is 9.90 Å². The second-order valence-corrected chi connectivity index (χ2v) is 6.89. The highest BCUT2D eigenvalue weighted by atomic mass is 16.3. The third kappa shape index (κ3) is 3.70. The molecule has 0 aliphatic heterocycles. The van der Waals surface area contributed by atoms with Gasteiger partial charge in [0.2, 0.25) is 5.88 Å². The number of carbonyl (C=O) groups excluding carboxylic acids is 1. The van der Waals surface area contributed by atoms with E-state index in [0.29, 0.717) is 6.42 Å². The number of hydrogen-bond acceptors (Lipinski definition) is 4. The number of ketones is 1. The summed E-state index contributed by atoms with van der Waals surface area (Å²) in [5, 5.41) is 20.4. The van der Waals surface area contributed by atoms with Crippen LogP contribution in [0.4, 0.5) is 0 Å². The van der Waals surface area contributed by atoms with Crippen LogP contribution in [-0.2, 0) is 6.54 Å². The Balaban J connectivity index is 2.28. The Morgan fingerprint density at radius 1 is 1.07 bits per heavy atom. The van der Waals surface area contributed by atoms with Crippen molar-refractivity contribution in [1.29, 1.82) is 5.26 Å². The minimum Gasteiger partial charge on any atom is -0.494 e. The first-order chi connectivity index (χ1) is 14.0. The molecule has 0 unspecified atom stereocenters. The molecular weight excluding hydrogens is 364 g/mol. The number of rotatable bonds is 6. The summed E-state index contributed by atoms with van der Waals surface area (Å²) in [6.45, 7) is 3.62. The summed E-state index contributed by atoms with van der Waals surface area (Å²) in [7, 11) is 0. The number of nitriles is 1. The summed E-state index contributed by atoms with van der Waals surface area (Å²) in [4.78, 5) is 26.3. The molecular formula is C24H22N2O3. The highest BCUT2D eigenvalue weighted by Gasteiger charge is 2.30. The zero-order chi connectivity index (χ0) is 21.0. The van der Waals surface area contributed by atoms with Crippen LogP contribution in [0.15, 0.2) is 65.5 Å². The van der Waals surface area contributed by atoms with Crippen molar-refractivity contribution in [1.82, 2.24) is 4.57 Å². The molecule has 0 aliphatic carbocycles. The number of aromatic nitrogens is 1. The minimum absolute atomic E-state index is 0.0207. The van der Waals surface area contributed by atoms with Crippen LogP contribution in [0.1, 0.15) is 51.9 Å². The molecule has 0 aliphatic rings. The van der Waals surface area contributed by atoms with E-state index >= 15 is 0 Å². The van der Waals surface area contributed by atoms with E-state index in [1.165, 1.54) is 6.92 Å². The molecule has 0 fully saturated rings. The number of Topliss-reactive ketones (excluding diaryl/α,β-unsaturated/α-hetero) is 1. The number of benzene rings is 2. The van der Waals surface area contributed by atoms with Gasteiger partial charge in [-0.25, -0.2) is 0 Å². The van der Waals surface area contributed by atoms with E-state index in [4.69, 9.17) is 0 Å². The largest absolute Gasteiger partial charge is 0.494 e. The fourth-order valence-corrected chi connectivity index (χ4v) is 3.61. The van der Waals surface area contributed by atoms with Gasteiger partial charge >= 0.3 is 0 Å². The van der Waals surface area contributed by atoms with Gasteiger partial charge in [-0.15, -0.1) is 0 Å². The van der Waals surface area contributed by atoms with Crippen molar-refractivity contribution in [3.05, 3.63) is 98.8 Å². The molecule has 146 valence electrons. The van der Waals surface area contributed by atoms with Gasteiger partial charge < -0.3 is 5.11 Å². The Hall–Kier alpha value is -3.65. The summed E-state index contributed by atoms with van der Waals surface area (Å²) < 4.78 is 1.12. The molecule has 2 aromatic carbocycles. The Morgan fingerprint density at radius 3 is 2.03 bits per heavy atom. The predicted octanol–water partition coefficient (Wildman–Crippen LogP) is 4.16. The summed E-state index contributed by atoms with van der Waals surface area (Å²) >= 11 is 0. The van der Waals surface area contributed by atoms with Crippen molar-refractivity contribution >= 4 is 5.78 Å². The first-order valence-electron chi connectivity index (χ1n) is 9.51. The van der Waals surface area contributed by atoms with Crippen molar-refractivity contribution in [3.63, 3.8) is 0 Å². The van der Waals surface area contributed by atoms with Gasteiger partial charge in [-0.05, 0) is 30.0 Å². The first-order valence-corrected chi connectivity index (χ1v) is 9.51. The van der Waals surface area contributed by atoms with Gasteiger partial charge in [0.15, 0.2) is 5.78 Å². The van der Waals surface area contributed by atoms with Gasteiger partial charge in [-0.3, -0.25) is 14.2 Å². The van der Waals surface area contributed by atoms with Crippen LogP contribution in [0.3, 0.4) is 0 Å². The van der Waals surface area contributed by atoms with Gasteiger partial charge in [0.05, 0.1) is 11.5 Å². The van der Waals surface area contributed by atoms with E-state index < -0.39 is 11.5 Å². The van der Waals surface area contributed by atoms with E-state index in [1.54, 1.807) is 0 Å². The topological polar surface area (TPSA) is 83.1 Å². The third-order valence-electron chi connectivity index (χ3n) is 5.02. The molecule has 29 heavy (non-hydrogen) atoms. The maximum atomic E-state index is 13.7. The zero-order valence-electron chi connectivity index (χ0n) is 16.4. The zero-order valence-corrected chi connectivity index (χ0v) is 16.4. The molecule has 0 bridgehead atoms. The predicted molar refractivity (Wildman–Crippen MR) is 111 cm³/mol. The molecule has 1 heterocycles. The molecule has 1 aromatic heterocycles. The third-order valence-corrected chi connectivity index (χ3v) is 5.02. The van der Waals surface area contributed by atoms with Crippen LogP contribution >= 0.6 is 0 Å². The Labute approximate surface area is 169 Å². The number of hydrogen-bond donors (Lipinski definition) is 1. The number of carbonyl (C=O) groups is 1. The van der Waals surface area contributed by atoms with E-state index in [1.807, 2.05) is 73.7 Å². The van der Waals surface area contributed by atoms with Crippen LogP contribution in [0.2, 0.25) is 0 Å². The van der Waals surface area contributed by atoms with Crippen molar-refractivity contribution in [3.8, 4) is 11.9 Å². The molecule has 0 radical (unpaired) electrons. The smallest absolute Gasteiger partial charge is 0.271 e. The monoisotopic (exact) mass is 386 g/mol. The van der Waals surface area contributed by atoms with Gasteiger partial charge in [0.25, 0.3) is 5.56 Å². The standard InChI is InChI=1S/C24H22N2O3/c1-3-14-26-23(28)19(15-25)16(2)20(24(26)29)22(27)21(17-10-6-4-7-11-17)18-12-8-5-9-13-18/h4-13,21,29H,3,14H2,1-2H3. The van der Waals surface area contributed by atoms with Crippen LogP contribution in [-0.4, -0.2) is 15.5 Å². The van der Waals surface area contributed by atoms with Crippen LogP contribution in [0.25, 0.3) is 0 Å². The molecule has 0 saturated heterocycles. The van der Waals surface area contributed by atoms with E-state index in [9.17, 15) is 20.0 Å². The molecule has 5 heteroatoms. The van der Waals surface area contributed by atoms with Crippen molar-refractivity contribution in [2.75, 3.05) is 0 Å². The fourth-order valence-electron chi connectivity index (χ4n) is 3.61. The SMILES string of the molecule is CCCn1c(O)c(C(=O)C(c2ccccc2)c2ccccc2)c(C)c(C#N)c1=O. The van der Waals surface area contributed by atoms with Crippen LogP contribution in [0, 0.1) is 18.3 Å². The van der Waals surface area contributed by atoms with Crippen LogP contribution < -0.4 is 5.56 Å². The highest BCUT2D eigenvalue weighted by Crippen LogP contribution is 2.33. The second kappa shape index (κ2) is 8.57. The summed E-state index contributed by atoms with van der Waals surface area (Å²) in [6, 6.07) is 20.5. The summed E-state index contributed by atoms with van der Waals surface area (Å²) in [6.07, 6.45) is 0.579. The highest BCUT2D eigenvalue weighted by molar-refractivity contribution is 6.06. The molecule has 0 amide bonds. The lowest BCUT2D eigenvalue weighted by Crippen LogP contribution is -2.28. The Bertz CT molecular complexity index is 1090. The molecule has 0 atom stereocenters. The normalized spacial score (nSPS) is 10.7. The lowest BCUT2D eigenvalue weighted by molar-refractivity contribution is 0.0968. The Morgan fingerprint density at radius 2 is 1.59 bits per heavy atom. The maximum absolute atomic E-state index is 13.7. The van der Waals surface area contributed by atoms with Gasteiger partial charge in [0.1, 0.15) is 11.6 Å². The maximum Gasteiger partial charge on any atom is 0.271 e. The van der Waals surface area contributed by atoms with E-state index in [-0.39, 0.29) is 34.9 Å². The molecule has 0 spiro atoms. The van der Waals surface area contributed by atoms with E-state index in [2.05, 4.69) is 0 Å². The number of aromatic hydroxyl groups is 1. The number of pyridine rings is 1. The lowest BCUT2D eigenvalue weighted by atomic mass is 9.83. The molecule has 1 N–H and O–H groups in total. The van der Waals surface area contributed by atoms with Crippen molar-refractivity contribution in [2.45, 2.75) is 32.7 Å². The minimum atomic E-state index is -0.666. The average Bonchev–Trinajstić information content (AvgIpc) is 2.73. The van der Waals surface area contributed by atoms with Crippen molar-refractivity contribution in [2.24, 2.45) is 0 Å². The molecule has 0 saturated carbocycles. The second-order valence-electron chi connectivity index (χ2n) is 6.89. The van der Waals surface area contributed by atoms with Crippen LogP contribution in [0.5, 0.6) is 5.88 Å². The molecule has 5 nitrogen and oxygen atoms in total. The molecule has 3 rings (SSSR count). The summed E-state index contributed by atoms with van der Waals surface area (Å²) in [5.41, 5.74) is 1.09. The number of nitrogens with zero attached hydrogens (tertiary/aromatic N) is 2. The average molecular weight is 386 g/mol. The summed E-state index contributed by atoms with van der Waals surface area (Å²) in [5.74, 6) is -1.39. The fraction of sp³-hybridized carbons (Fsp3) is 0.208. The molecule has 3 aromatic rings.